The first kappa shape index (κ1) is 24.4. The molecule has 5 heteroatoms. The molecule has 2 nitrogen and oxygen atoms in total. The van der Waals surface area contributed by atoms with Crippen molar-refractivity contribution in [3.8, 4) is 0 Å². The van der Waals surface area contributed by atoms with Crippen LogP contribution in [0, 0.1) is 5.92 Å². The number of hydrogen-bond acceptors (Lipinski definition) is 2. The van der Waals surface area contributed by atoms with Gasteiger partial charge in [-0.2, -0.15) is 13.2 Å². The van der Waals surface area contributed by atoms with Crippen molar-refractivity contribution in [3.63, 3.8) is 0 Å². The fourth-order valence-corrected chi connectivity index (χ4v) is 3.95. The summed E-state index contributed by atoms with van der Waals surface area (Å²) in [5.41, 5.74) is 2.19. The summed E-state index contributed by atoms with van der Waals surface area (Å²) in [6.07, 6.45) is -2.48. The largest absolute Gasteiger partial charge is 0.416 e. The molecule has 0 spiro atoms. The molecular formula is C25H35F3N2. The van der Waals surface area contributed by atoms with Crippen LogP contribution >= 0.6 is 0 Å². The highest BCUT2D eigenvalue weighted by molar-refractivity contribution is 5.30. The van der Waals surface area contributed by atoms with Gasteiger partial charge in [-0.3, -0.25) is 4.90 Å². The van der Waals surface area contributed by atoms with Crippen LogP contribution in [-0.2, 0) is 25.7 Å². The normalized spacial score (nSPS) is 13.4. The third kappa shape index (κ3) is 7.44. The van der Waals surface area contributed by atoms with Crippen LogP contribution in [0.25, 0.3) is 0 Å². The van der Waals surface area contributed by atoms with E-state index in [1.165, 1.54) is 17.7 Å². The van der Waals surface area contributed by atoms with Gasteiger partial charge in [-0.05, 0) is 55.6 Å². The van der Waals surface area contributed by atoms with Crippen molar-refractivity contribution in [1.82, 2.24) is 9.80 Å². The van der Waals surface area contributed by atoms with Gasteiger partial charge in [-0.15, -0.1) is 0 Å². The first-order valence-corrected chi connectivity index (χ1v) is 10.7. The summed E-state index contributed by atoms with van der Waals surface area (Å²) >= 11 is 0. The fourth-order valence-electron chi connectivity index (χ4n) is 3.95. The Morgan fingerprint density at radius 2 is 1.57 bits per heavy atom. The number of rotatable bonds is 10. The molecule has 0 aliphatic carbocycles. The molecule has 0 heterocycles. The Hall–Kier alpha value is -1.85. The second-order valence-electron chi connectivity index (χ2n) is 8.78. The number of aryl methyl sites for hydroxylation is 1. The molecule has 0 saturated carbocycles. The second kappa shape index (κ2) is 11.0. The molecule has 0 radical (unpaired) electrons. The van der Waals surface area contributed by atoms with Crippen molar-refractivity contribution < 1.29 is 13.2 Å². The van der Waals surface area contributed by atoms with Gasteiger partial charge < -0.3 is 4.90 Å². The number of nitrogens with zero attached hydrogens (tertiary/aromatic N) is 2. The SMILES string of the molecule is CCc1cccc(CN(Cc2ccccc2C(F)(F)F)[C@@H](CC(C)C)CN(C)C)c1. The first-order chi connectivity index (χ1) is 14.1. The Balaban J connectivity index is 2.41. The van der Waals surface area contributed by atoms with Gasteiger partial charge in [-0.1, -0.05) is 63.2 Å². The molecule has 2 aromatic rings. The molecule has 2 aromatic carbocycles. The standard InChI is InChI=1S/C25H35F3N2/c1-6-20-10-9-11-21(15-20)16-30(23(14-19(2)3)18-29(4)5)17-22-12-7-8-13-24(22)25(26,27)28/h7-13,15,19,23H,6,14,16-18H2,1-5H3/t23-/m0/s1. The van der Waals surface area contributed by atoms with Gasteiger partial charge in [0.05, 0.1) is 5.56 Å². The highest BCUT2D eigenvalue weighted by Gasteiger charge is 2.34. The quantitative estimate of drug-likeness (QED) is 0.448. The van der Waals surface area contributed by atoms with Gasteiger partial charge in [0.25, 0.3) is 0 Å². The highest BCUT2D eigenvalue weighted by Crippen LogP contribution is 2.33. The molecule has 0 aromatic heterocycles. The van der Waals surface area contributed by atoms with E-state index < -0.39 is 11.7 Å². The average molecular weight is 421 g/mol. The van der Waals surface area contributed by atoms with E-state index in [0.29, 0.717) is 18.0 Å². The topological polar surface area (TPSA) is 6.48 Å². The summed E-state index contributed by atoms with van der Waals surface area (Å²) in [6.45, 7) is 8.16. The zero-order chi connectivity index (χ0) is 22.3. The zero-order valence-corrected chi connectivity index (χ0v) is 18.8. The van der Waals surface area contributed by atoms with Crippen LogP contribution in [0.5, 0.6) is 0 Å². The van der Waals surface area contributed by atoms with Gasteiger partial charge in [-0.25, -0.2) is 0 Å². The Kier molecular flexibility index (Phi) is 8.92. The van der Waals surface area contributed by atoms with E-state index in [0.717, 1.165) is 24.9 Å². The lowest BCUT2D eigenvalue weighted by molar-refractivity contribution is -0.138. The molecule has 0 unspecified atom stereocenters. The number of alkyl halides is 3. The Morgan fingerprint density at radius 1 is 0.900 bits per heavy atom. The number of likely N-dealkylation sites (N-methyl/N-ethyl adjacent to an activating group) is 1. The predicted molar refractivity (Wildman–Crippen MR) is 118 cm³/mol. The van der Waals surface area contributed by atoms with Crippen molar-refractivity contribution in [1.29, 1.82) is 0 Å². The van der Waals surface area contributed by atoms with Crippen LogP contribution in [0.3, 0.4) is 0 Å². The fraction of sp³-hybridized carbons (Fsp3) is 0.520. The molecule has 0 aliphatic heterocycles. The third-order valence-corrected chi connectivity index (χ3v) is 5.32. The minimum atomic E-state index is -4.35. The summed E-state index contributed by atoms with van der Waals surface area (Å²) < 4.78 is 40.9. The van der Waals surface area contributed by atoms with Crippen LogP contribution in [0.15, 0.2) is 48.5 Å². The molecule has 166 valence electrons. The van der Waals surface area contributed by atoms with Gasteiger partial charge in [0.15, 0.2) is 0 Å². The van der Waals surface area contributed by atoms with Crippen LogP contribution in [0.1, 0.15) is 49.4 Å². The molecule has 0 bridgehead atoms. The summed E-state index contributed by atoms with van der Waals surface area (Å²) in [5, 5.41) is 0. The highest BCUT2D eigenvalue weighted by atomic mass is 19.4. The Morgan fingerprint density at radius 3 is 2.17 bits per heavy atom. The number of benzene rings is 2. The van der Waals surface area contributed by atoms with Gasteiger partial charge >= 0.3 is 6.18 Å². The maximum Gasteiger partial charge on any atom is 0.416 e. The lowest BCUT2D eigenvalue weighted by Crippen LogP contribution is -2.42. The monoisotopic (exact) mass is 420 g/mol. The van der Waals surface area contributed by atoms with Crippen molar-refractivity contribution in [2.24, 2.45) is 5.92 Å². The Labute approximate surface area is 179 Å². The van der Waals surface area contributed by atoms with E-state index in [2.05, 4.69) is 48.8 Å². The van der Waals surface area contributed by atoms with E-state index in [1.807, 2.05) is 20.2 Å². The van der Waals surface area contributed by atoms with Crippen LogP contribution in [0.4, 0.5) is 13.2 Å². The molecule has 0 fully saturated rings. The first-order valence-electron chi connectivity index (χ1n) is 10.7. The van der Waals surface area contributed by atoms with Gasteiger partial charge in [0.2, 0.25) is 0 Å². The molecular weight excluding hydrogens is 385 g/mol. The molecule has 0 N–H and O–H groups in total. The molecule has 2 rings (SSSR count). The average Bonchev–Trinajstić information content (AvgIpc) is 2.66. The van der Waals surface area contributed by atoms with Crippen LogP contribution in [0.2, 0.25) is 0 Å². The summed E-state index contributed by atoms with van der Waals surface area (Å²) in [5.74, 6) is 0.456. The van der Waals surface area contributed by atoms with E-state index >= 15 is 0 Å². The summed E-state index contributed by atoms with van der Waals surface area (Å²) in [7, 11) is 4.04. The van der Waals surface area contributed by atoms with Crippen LogP contribution in [-0.4, -0.2) is 36.5 Å². The minimum absolute atomic E-state index is 0.159. The van der Waals surface area contributed by atoms with E-state index in [4.69, 9.17) is 0 Å². The lowest BCUT2D eigenvalue weighted by Gasteiger charge is -2.35. The van der Waals surface area contributed by atoms with Crippen molar-refractivity contribution >= 4 is 0 Å². The van der Waals surface area contributed by atoms with Crippen molar-refractivity contribution in [2.45, 2.75) is 58.9 Å². The molecule has 1 atom stereocenters. The van der Waals surface area contributed by atoms with Crippen molar-refractivity contribution in [2.75, 3.05) is 20.6 Å². The molecule has 0 amide bonds. The zero-order valence-electron chi connectivity index (χ0n) is 18.8. The molecule has 0 aliphatic rings. The summed E-state index contributed by atoms with van der Waals surface area (Å²) in [4.78, 5) is 4.34. The van der Waals surface area contributed by atoms with Gasteiger partial charge in [0, 0.05) is 25.7 Å². The second-order valence-corrected chi connectivity index (χ2v) is 8.78. The maximum atomic E-state index is 13.6. The number of halogens is 3. The summed E-state index contributed by atoms with van der Waals surface area (Å²) in [6, 6.07) is 14.5. The smallest absolute Gasteiger partial charge is 0.308 e. The maximum absolute atomic E-state index is 13.6. The van der Waals surface area contributed by atoms with E-state index in [1.54, 1.807) is 12.1 Å². The van der Waals surface area contributed by atoms with E-state index in [9.17, 15) is 13.2 Å². The molecule has 30 heavy (non-hydrogen) atoms. The van der Waals surface area contributed by atoms with E-state index in [-0.39, 0.29) is 12.6 Å². The lowest BCUT2D eigenvalue weighted by atomic mass is 9.98. The molecule has 0 saturated heterocycles. The Bertz CT molecular complexity index is 774. The minimum Gasteiger partial charge on any atom is -0.308 e. The van der Waals surface area contributed by atoms with Crippen LogP contribution < -0.4 is 0 Å². The third-order valence-electron chi connectivity index (χ3n) is 5.32. The predicted octanol–water partition coefficient (Wildman–Crippen LogP) is 6.25. The van der Waals surface area contributed by atoms with Gasteiger partial charge in [0.1, 0.15) is 0 Å². The number of hydrogen-bond donors (Lipinski definition) is 0. The van der Waals surface area contributed by atoms with Crippen molar-refractivity contribution in [3.05, 3.63) is 70.8 Å².